The van der Waals surface area contributed by atoms with Gasteiger partial charge < -0.3 is 21.5 Å². The third-order valence-electron chi connectivity index (χ3n) is 6.11. The number of nitrogen functional groups attached to an aromatic ring is 1. The molecule has 0 bridgehead atoms. The fourth-order valence-corrected chi connectivity index (χ4v) is 5.04. The highest BCUT2D eigenvalue weighted by molar-refractivity contribution is 7.09. The third-order valence-corrected chi connectivity index (χ3v) is 6.96. The summed E-state index contributed by atoms with van der Waals surface area (Å²) in [7, 11) is 1.55. The molecule has 39 heavy (non-hydrogen) atoms. The molecule has 10 heteroatoms. The second-order valence-electron chi connectivity index (χ2n) is 9.04. The predicted octanol–water partition coefficient (Wildman–Crippen LogP) is 4.15. The van der Waals surface area contributed by atoms with Crippen LogP contribution >= 0.6 is 11.5 Å². The number of aromatic nitrogens is 1. The molecule has 0 saturated carbocycles. The summed E-state index contributed by atoms with van der Waals surface area (Å²) >= 11 is 0.766. The van der Waals surface area contributed by atoms with Gasteiger partial charge in [0, 0.05) is 12.2 Å². The highest BCUT2D eigenvalue weighted by Gasteiger charge is 2.36. The Morgan fingerprint density at radius 1 is 1.00 bits per heavy atom. The van der Waals surface area contributed by atoms with Crippen molar-refractivity contribution in [3.05, 3.63) is 106 Å². The lowest BCUT2D eigenvalue weighted by Crippen LogP contribution is -2.44. The summed E-state index contributed by atoms with van der Waals surface area (Å²) in [4.78, 5) is 41.4. The van der Waals surface area contributed by atoms with Crippen LogP contribution < -0.4 is 26.4 Å². The first-order valence-electron chi connectivity index (χ1n) is 12.1. The summed E-state index contributed by atoms with van der Waals surface area (Å²) in [6.45, 7) is 4.07. The van der Waals surface area contributed by atoms with Crippen molar-refractivity contribution in [1.29, 1.82) is 0 Å². The van der Waals surface area contributed by atoms with E-state index in [0.717, 1.165) is 28.2 Å². The van der Waals surface area contributed by atoms with Gasteiger partial charge in [-0.25, -0.2) is 0 Å². The Balaban J connectivity index is 1.86. The Bertz CT molecular complexity index is 1480. The molecule has 200 valence electrons. The SMILES string of the molecule is COc1ccc(C(C(=O)NCc2ccccc2)N(C(=O)c2snc(C(N)=O)c2N)c2cc(C)cc(C)c2)cc1. The summed E-state index contributed by atoms with van der Waals surface area (Å²) in [5.41, 5.74) is 15.0. The van der Waals surface area contributed by atoms with Gasteiger partial charge in [-0.3, -0.25) is 19.3 Å². The van der Waals surface area contributed by atoms with Crippen molar-refractivity contribution in [1.82, 2.24) is 9.69 Å². The van der Waals surface area contributed by atoms with Gasteiger partial charge in [-0.05, 0) is 71.9 Å². The number of hydrogen-bond acceptors (Lipinski definition) is 7. The predicted molar refractivity (Wildman–Crippen MR) is 152 cm³/mol. The van der Waals surface area contributed by atoms with Gasteiger partial charge >= 0.3 is 0 Å². The van der Waals surface area contributed by atoms with Crippen LogP contribution in [0.25, 0.3) is 0 Å². The molecule has 0 radical (unpaired) electrons. The molecular formula is C29H29N5O4S. The lowest BCUT2D eigenvalue weighted by atomic mass is 10.0. The second kappa shape index (κ2) is 11.8. The van der Waals surface area contributed by atoms with E-state index in [1.165, 1.54) is 4.90 Å². The Morgan fingerprint density at radius 2 is 1.64 bits per heavy atom. The fraction of sp³-hybridized carbons (Fsp3) is 0.172. The Kier molecular flexibility index (Phi) is 8.26. The van der Waals surface area contributed by atoms with Crippen molar-refractivity contribution in [3.8, 4) is 5.75 Å². The highest BCUT2D eigenvalue weighted by Crippen LogP contribution is 2.34. The molecule has 4 aromatic rings. The van der Waals surface area contributed by atoms with E-state index in [1.54, 1.807) is 31.4 Å². The summed E-state index contributed by atoms with van der Waals surface area (Å²) in [5.74, 6) is -1.23. The number of carbonyl (C=O) groups excluding carboxylic acids is 3. The number of hydrogen-bond donors (Lipinski definition) is 3. The average molecular weight is 544 g/mol. The minimum absolute atomic E-state index is 0.0114. The molecule has 5 N–H and O–H groups in total. The van der Waals surface area contributed by atoms with Crippen molar-refractivity contribution in [2.45, 2.75) is 26.4 Å². The maximum Gasteiger partial charge on any atom is 0.273 e. The van der Waals surface area contributed by atoms with Gasteiger partial charge in [0.2, 0.25) is 5.91 Å². The molecular weight excluding hydrogens is 514 g/mol. The normalized spacial score (nSPS) is 11.5. The molecule has 3 amide bonds. The lowest BCUT2D eigenvalue weighted by Gasteiger charge is -2.32. The van der Waals surface area contributed by atoms with Crippen LogP contribution in [0.5, 0.6) is 5.75 Å². The number of anilines is 2. The van der Waals surface area contributed by atoms with Crippen LogP contribution in [-0.4, -0.2) is 29.2 Å². The summed E-state index contributed by atoms with van der Waals surface area (Å²) in [6, 6.07) is 20.9. The van der Waals surface area contributed by atoms with E-state index in [9.17, 15) is 14.4 Å². The number of amides is 3. The van der Waals surface area contributed by atoms with Gasteiger partial charge in [-0.1, -0.05) is 48.5 Å². The molecule has 1 atom stereocenters. The van der Waals surface area contributed by atoms with Crippen LogP contribution in [0.15, 0.2) is 72.8 Å². The molecule has 1 heterocycles. The van der Waals surface area contributed by atoms with Gasteiger partial charge in [0.05, 0.1) is 12.8 Å². The van der Waals surface area contributed by atoms with E-state index in [2.05, 4.69) is 9.69 Å². The number of primary amides is 1. The van der Waals surface area contributed by atoms with Crippen LogP contribution in [0, 0.1) is 13.8 Å². The van der Waals surface area contributed by atoms with Gasteiger partial charge in [0.15, 0.2) is 5.69 Å². The first kappa shape index (κ1) is 27.3. The topological polar surface area (TPSA) is 141 Å². The quantitative estimate of drug-likeness (QED) is 0.290. The molecule has 0 fully saturated rings. The first-order chi connectivity index (χ1) is 18.7. The molecule has 0 aliphatic heterocycles. The number of nitrogens with two attached hydrogens (primary N) is 2. The second-order valence-corrected chi connectivity index (χ2v) is 9.81. The minimum atomic E-state index is -1.09. The number of benzene rings is 3. The van der Waals surface area contributed by atoms with Crippen LogP contribution in [0.2, 0.25) is 0 Å². The van der Waals surface area contributed by atoms with Gasteiger partial charge in [-0.2, -0.15) is 4.37 Å². The fourth-order valence-electron chi connectivity index (χ4n) is 4.30. The molecule has 1 aromatic heterocycles. The van der Waals surface area contributed by atoms with E-state index < -0.39 is 23.8 Å². The number of carbonyl (C=O) groups is 3. The molecule has 0 saturated heterocycles. The van der Waals surface area contributed by atoms with Crippen LogP contribution in [-0.2, 0) is 11.3 Å². The zero-order valence-corrected chi connectivity index (χ0v) is 22.6. The number of nitrogens with one attached hydrogen (secondary N) is 1. The Morgan fingerprint density at radius 3 is 2.21 bits per heavy atom. The van der Waals surface area contributed by atoms with Crippen molar-refractivity contribution < 1.29 is 19.1 Å². The lowest BCUT2D eigenvalue weighted by molar-refractivity contribution is -0.122. The summed E-state index contributed by atoms with van der Waals surface area (Å²) in [6.07, 6.45) is 0. The van der Waals surface area contributed by atoms with Crippen molar-refractivity contribution in [3.63, 3.8) is 0 Å². The Labute approximate surface area is 230 Å². The van der Waals surface area contributed by atoms with Gasteiger partial charge in [0.25, 0.3) is 11.8 Å². The molecule has 0 aliphatic carbocycles. The average Bonchev–Trinajstić information content (AvgIpc) is 3.31. The maximum atomic E-state index is 14.2. The van der Waals surface area contributed by atoms with E-state index >= 15 is 0 Å². The third kappa shape index (κ3) is 6.07. The van der Waals surface area contributed by atoms with E-state index in [4.69, 9.17) is 16.2 Å². The standard InChI is InChI=1S/C29H29N5O4S/c1-17-13-18(2)15-21(14-17)34(29(37)26-23(30)24(27(31)35)33-39-26)25(20-9-11-22(38-3)12-10-20)28(36)32-16-19-7-5-4-6-8-19/h4-15,25H,16,30H2,1-3H3,(H2,31,35)(H,32,36). The number of ether oxygens (including phenoxy) is 1. The number of rotatable bonds is 9. The van der Waals surface area contributed by atoms with E-state index in [-0.39, 0.29) is 22.8 Å². The highest BCUT2D eigenvalue weighted by atomic mass is 32.1. The number of aryl methyl sites for hydroxylation is 2. The molecule has 1 unspecified atom stereocenters. The van der Waals surface area contributed by atoms with Crippen molar-refractivity contribution in [2.75, 3.05) is 17.7 Å². The molecule has 0 aliphatic rings. The molecule has 0 spiro atoms. The summed E-state index contributed by atoms with van der Waals surface area (Å²) in [5, 5.41) is 2.97. The van der Waals surface area contributed by atoms with Crippen molar-refractivity contribution in [2.24, 2.45) is 5.73 Å². The zero-order valence-electron chi connectivity index (χ0n) is 21.8. The van der Waals surface area contributed by atoms with Crippen LogP contribution in [0.4, 0.5) is 11.4 Å². The zero-order chi connectivity index (χ0) is 28.1. The largest absolute Gasteiger partial charge is 0.497 e. The maximum absolute atomic E-state index is 14.2. The van der Waals surface area contributed by atoms with Gasteiger partial charge in [0.1, 0.15) is 16.7 Å². The van der Waals surface area contributed by atoms with Crippen LogP contribution in [0.3, 0.4) is 0 Å². The number of nitrogens with zero attached hydrogens (tertiary/aromatic N) is 2. The van der Waals surface area contributed by atoms with E-state index in [0.29, 0.717) is 17.0 Å². The molecule has 9 nitrogen and oxygen atoms in total. The van der Waals surface area contributed by atoms with Gasteiger partial charge in [-0.15, -0.1) is 0 Å². The minimum Gasteiger partial charge on any atom is -0.497 e. The smallest absolute Gasteiger partial charge is 0.273 e. The first-order valence-corrected chi connectivity index (χ1v) is 12.9. The van der Waals surface area contributed by atoms with Crippen LogP contribution in [0.1, 0.15) is 48.5 Å². The van der Waals surface area contributed by atoms with Crippen molar-refractivity contribution >= 4 is 40.6 Å². The Hall–Kier alpha value is -4.70. The monoisotopic (exact) mass is 543 g/mol. The number of methoxy groups -OCH3 is 1. The molecule has 4 rings (SSSR count). The van der Waals surface area contributed by atoms with E-state index in [1.807, 2.05) is 62.4 Å². The summed E-state index contributed by atoms with van der Waals surface area (Å²) < 4.78 is 9.30. The molecule has 3 aromatic carbocycles.